The van der Waals surface area contributed by atoms with E-state index in [-0.39, 0.29) is 5.92 Å². The Morgan fingerprint density at radius 2 is 2.12 bits per heavy atom. The first kappa shape index (κ1) is 12.7. The fraction of sp³-hybridized carbons (Fsp3) is 0.800. The minimum Gasteiger partial charge on any atom is -0.481 e. The summed E-state index contributed by atoms with van der Waals surface area (Å²) in [6.45, 7) is 6.42. The van der Waals surface area contributed by atoms with Crippen molar-refractivity contribution in [1.82, 2.24) is 0 Å². The molecule has 1 saturated carbocycles. The number of fused-ring (bicyclic) bond motifs is 1. The van der Waals surface area contributed by atoms with Crippen LogP contribution < -0.4 is 0 Å². The molecular weight excluding hydrogens is 212 g/mol. The van der Waals surface area contributed by atoms with E-state index in [1.54, 1.807) is 0 Å². The van der Waals surface area contributed by atoms with Gasteiger partial charge in [-0.1, -0.05) is 31.9 Å². The molecule has 3 unspecified atom stereocenters. The van der Waals surface area contributed by atoms with Gasteiger partial charge in [-0.3, -0.25) is 4.79 Å². The monoisotopic (exact) mass is 236 g/mol. The van der Waals surface area contributed by atoms with Crippen LogP contribution in [0.1, 0.15) is 46.5 Å². The zero-order valence-electron chi connectivity index (χ0n) is 11.1. The SMILES string of the molecule is CC1=CC2C(CC1)[C@H](C)CCC2[C@@H](C)C(=O)O. The topological polar surface area (TPSA) is 37.3 Å². The van der Waals surface area contributed by atoms with Gasteiger partial charge in [0.25, 0.3) is 0 Å². The zero-order chi connectivity index (χ0) is 12.6. The summed E-state index contributed by atoms with van der Waals surface area (Å²) in [5, 5.41) is 9.24. The molecule has 0 spiro atoms. The summed E-state index contributed by atoms with van der Waals surface area (Å²) in [6.07, 6.45) is 7.14. The van der Waals surface area contributed by atoms with Gasteiger partial charge < -0.3 is 5.11 Å². The van der Waals surface area contributed by atoms with Crippen molar-refractivity contribution in [3.63, 3.8) is 0 Å². The summed E-state index contributed by atoms with van der Waals surface area (Å²) in [5.41, 5.74) is 1.46. The van der Waals surface area contributed by atoms with Gasteiger partial charge in [-0.25, -0.2) is 0 Å². The number of carboxylic acids is 1. The number of rotatable bonds is 2. The highest BCUT2D eigenvalue weighted by Crippen LogP contribution is 2.47. The lowest BCUT2D eigenvalue weighted by atomic mass is 9.60. The van der Waals surface area contributed by atoms with Crippen LogP contribution in [0.25, 0.3) is 0 Å². The molecule has 2 aliphatic rings. The lowest BCUT2D eigenvalue weighted by Crippen LogP contribution is -2.39. The smallest absolute Gasteiger partial charge is 0.306 e. The minimum atomic E-state index is -0.625. The van der Waals surface area contributed by atoms with E-state index in [2.05, 4.69) is 19.9 Å². The van der Waals surface area contributed by atoms with E-state index in [1.807, 2.05) is 6.92 Å². The van der Waals surface area contributed by atoms with Crippen LogP contribution in [0.5, 0.6) is 0 Å². The highest BCUT2D eigenvalue weighted by Gasteiger charge is 2.41. The molecule has 0 radical (unpaired) electrons. The number of hydrogen-bond donors (Lipinski definition) is 1. The molecular formula is C15H24O2. The van der Waals surface area contributed by atoms with Crippen LogP contribution in [0, 0.1) is 29.6 Å². The van der Waals surface area contributed by atoms with Gasteiger partial charge in [-0.2, -0.15) is 0 Å². The summed E-state index contributed by atoms with van der Waals surface area (Å²) < 4.78 is 0. The molecule has 0 saturated heterocycles. The lowest BCUT2D eigenvalue weighted by Gasteiger charge is -2.44. The van der Waals surface area contributed by atoms with Crippen molar-refractivity contribution in [2.45, 2.75) is 46.5 Å². The highest BCUT2D eigenvalue weighted by atomic mass is 16.4. The molecule has 2 aliphatic carbocycles. The number of carbonyl (C=O) groups is 1. The van der Waals surface area contributed by atoms with Gasteiger partial charge in [0.1, 0.15) is 0 Å². The Morgan fingerprint density at radius 3 is 2.76 bits per heavy atom. The fourth-order valence-corrected chi connectivity index (χ4v) is 3.86. The normalized spacial score (nSPS) is 39.1. The van der Waals surface area contributed by atoms with Gasteiger partial charge in [0, 0.05) is 0 Å². The first-order valence-electron chi connectivity index (χ1n) is 6.90. The first-order chi connectivity index (χ1) is 8.00. The maximum Gasteiger partial charge on any atom is 0.306 e. The summed E-state index contributed by atoms with van der Waals surface area (Å²) in [7, 11) is 0. The van der Waals surface area contributed by atoms with Crippen LogP contribution in [0.15, 0.2) is 11.6 Å². The van der Waals surface area contributed by atoms with Gasteiger partial charge in [0.05, 0.1) is 5.92 Å². The van der Waals surface area contributed by atoms with Gasteiger partial charge in [0.2, 0.25) is 0 Å². The summed E-state index contributed by atoms with van der Waals surface area (Å²) in [5.74, 6) is 1.53. The molecule has 2 heteroatoms. The van der Waals surface area contributed by atoms with E-state index in [0.717, 1.165) is 18.3 Å². The van der Waals surface area contributed by atoms with E-state index in [0.29, 0.717) is 11.8 Å². The number of carboxylic acid groups (broad SMARTS) is 1. The van der Waals surface area contributed by atoms with Gasteiger partial charge in [-0.05, 0) is 49.9 Å². The molecule has 0 aliphatic heterocycles. The van der Waals surface area contributed by atoms with E-state index < -0.39 is 5.97 Å². The van der Waals surface area contributed by atoms with E-state index in [1.165, 1.54) is 24.8 Å². The standard InChI is InChI=1S/C15H24O2/c1-9-4-6-12-10(2)5-7-13(14(12)8-9)11(3)15(16)17/h8,10-14H,4-7H2,1-3H3,(H,16,17)/t10-,11-,12?,13?,14?/m1/s1. The van der Waals surface area contributed by atoms with E-state index in [4.69, 9.17) is 0 Å². The van der Waals surface area contributed by atoms with Crippen LogP contribution in [0.2, 0.25) is 0 Å². The molecule has 1 fully saturated rings. The third-order valence-electron chi connectivity index (χ3n) is 5.06. The molecule has 0 aromatic heterocycles. The number of allylic oxidation sites excluding steroid dienone is 2. The van der Waals surface area contributed by atoms with Crippen molar-refractivity contribution >= 4 is 5.97 Å². The predicted molar refractivity (Wildman–Crippen MR) is 68.7 cm³/mol. The highest BCUT2D eigenvalue weighted by molar-refractivity contribution is 5.70. The number of aliphatic carboxylic acids is 1. The van der Waals surface area contributed by atoms with Crippen molar-refractivity contribution in [3.8, 4) is 0 Å². The van der Waals surface area contributed by atoms with Crippen LogP contribution in [0.3, 0.4) is 0 Å². The molecule has 96 valence electrons. The van der Waals surface area contributed by atoms with Crippen molar-refractivity contribution in [3.05, 3.63) is 11.6 Å². The molecule has 0 amide bonds. The van der Waals surface area contributed by atoms with Crippen molar-refractivity contribution in [2.75, 3.05) is 0 Å². The summed E-state index contributed by atoms with van der Waals surface area (Å²) >= 11 is 0. The Bertz CT molecular complexity index is 332. The van der Waals surface area contributed by atoms with Crippen molar-refractivity contribution < 1.29 is 9.90 Å². The molecule has 5 atom stereocenters. The molecule has 1 N–H and O–H groups in total. The minimum absolute atomic E-state index is 0.197. The van der Waals surface area contributed by atoms with Gasteiger partial charge in [-0.15, -0.1) is 0 Å². The Kier molecular flexibility index (Phi) is 3.60. The second kappa shape index (κ2) is 4.83. The molecule has 0 aromatic carbocycles. The summed E-state index contributed by atoms with van der Waals surface area (Å²) in [4.78, 5) is 11.2. The molecule has 0 bridgehead atoms. The van der Waals surface area contributed by atoms with Gasteiger partial charge in [0.15, 0.2) is 0 Å². The Labute approximate surface area is 104 Å². The molecule has 2 nitrogen and oxygen atoms in total. The third kappa shape index (κ3) is 2.41. The summed E-state index contributed by atoms with van der Waals surface area (Å²) in [6, 6.07) is 0. The van der Waals surface area contributed by atoms with Crippen LogP contribution in [0.4, 0.5) is 0 Å². The molecule has 0 aromatic rings. The average Bonchev–Trinajstić information content (AvgIpc) is 2.28. The second-order valence-electron chi connectivity index (χ2n) is 6.14. The van der Waals surface area contributed by atoms with Crippen LogP contribution in [-0.2, 0) is 4.79 Å². The number of hydrogen-bond acceptors (Lipinski definition) is 1. The fourth-order valence-electron chi connectivity index (χ4n) is 3.86. The van der Waals surface area contributed by atoms with Gasteiger partial charge >= 0.3 is 5.97 Å². The van der Waals surface area contributed by atoms with E-state index in [9.17, 15) is 9.90 Å². The average molecular weight is 236 g/mol. The van der Waals surface area contributed by atoms with Crippen LogP contribution >= 0.6 is 0 Å². The quantitative estimate of drug-likeness (QED) is 0.742. The Hall–Kier alpha value is -0.790. The van der Waals surface area contributed by atoms with Crippen molar-refractivity contribution in [1.29, 1.82) is 0 Å². The largest absolute Gasteiger partial charge is 0.481 e. The first-order valence-corrected chi connectivity index (χ1v) is 6.90. The van der Waals surface area contributed by atoms with Crippen LogP contribution in [-0.4, -0.2) is 11.1 Å². The predicted octanol–water partition coefficient (Wildman–Crippen LogP) is 3.73. The maximum absolute atomic E-state index is 11.2. The molecule has 2 rings (SSSR count). The lowest BCUT2D eigenvalue weighted by molar-refractivity contribution is -0.144. The third-order valence-corrected chi connectivity index (χ3v) is 5.06. The molecule has 0 heterocycles. The van der Waals surface area contributed by atoms with Crippen molar-refractivity contribution in [2.24, 2.45) is 29.6 Å². The molecule has 17 heavy (non-hydrogen) atoms. The Morgan fingerprint density at radius 1 is 1.41 bits per heavy atom. The maximum atomic E-state index is 11.2. The van der Waals surface area contributed by atoms with E-state index >= 15 is 0 Å². The zero-order valence-corrected chi connectivity index (χ0v) is 11.1. The Balaban J connectivity index is 2.22. The second-order valence-corrected chi connectivity index (χ2v) is 6.14.